The number of halogens is 1. The number of benzene rings is 1. The van der Waals surface area contributed by atoms with Crippen LogP contribution in [0.4, 0.5) is 4.79 Å². The van der Waals surface area contributed by atoms with E-state index < -0.39 is 25.6 Å². The maximum absolute atomic E-state index is 12.7. The minimum absolute atomic E-state index is 0.468. The first-order chi connectivity index (χ1) is 11.9. The van der Waals surface area contributed by atoms with Crippen molar-refractivity contribution >= 4 is 26.0 Å². The number of hydrogen-bond donors (Lipinski definition) is 1. The van der Waals surface area contributed by atoms with Crippen molar-refractivity contribution in [3.8, 4) is 0 Å². The zero-order chi connectivity index (χ0) is 19.6. The zero-order valence-electron chi connectivity index (χ0n) is 16.6. The van der Waals surface area contributed by atoms with Crippen LogP contribution < -0.4 is 5.32 Å². The molecule has 2 rings (SSSR count). The second-order valence-electron chi connectivity index (χ2n) is 8.69. The highest BCUT2D eigenvalue weighted by molar-refractivity contribution is 6.70. The molecule has 0 aromatic heterocycles. The van der Waals surface area contributed by atoms with E-state index in [4.69, 9.17) is 20.8 Å². The van der Waals surface area contributed by atoms with Gasteiger partial charge >= 0.3 is 6.09 Å². The Morgan fingerprint density at radius 2 is 1.88 bits per heavy atom. The van der Waals surface area contributed by atoms with E-state index in [1.165, 1.54) is 0 Å². The number of rotatable bonds is 4. The molecule has 1 aromatic rings. The van der Waals surface area contributed by atoms with E-state index in [1.807, 2.05) is 45.0 Å². The Hall–Kier alpha value is -1.46. The molecule has 0 bridgehead atoms. The van der Waals surface area contributed by atoms with Gasteiger partial charge in [-0.1, -0.05) is 29.8 Å². The van der Waals surface area contributed by atoms with Crippen molar-refractivity contribution < 1.29 is 14.0 Å². The van der Waals surface area contributed by atoms with Gasteiger partial charge in [-0.25, -0.2) is 4.79 Å². The van der Waals surface area contributed by atoms with E-state index in [0.29, 0.717) is 11.4 Å². The topological polar surface area (TPSA) is 47.6 Å². The lowest BCUT2D eigenvalue weighted by molar-refractivity contribution is 0.0434. The summed E-state index contributed by atoms with van der Waals surface area (Å²) in [6.07, 6.45) is 4.18. The van der Waals surface area contributed by atoms with Crippen LogP contribution in [0.3, 0.4) is 0 Å². The normalized spacial score (nSPS) is 21.0. The first-order valence-corrected chi connectivity index (χ1v) is 12.9. The maximum Gasteiger partial charge on any atom is 0.408 e. The molecule has 1 amide bonds. The maximum atomic E-state index is 12.7. The molecule has 1 atom stereocenters. The van der Waals surface area contributed by atoms with E-state index in [-0.39, 0.29) is 0 Å². The average Bonchev–Trinajstić information content (AvgIpc) is 2.46. The number of alkyl carbamates (subject to hydrolysis) is 1. The highest BCUT2D eigenvalue weighted by atomic mass is 35.5. The summed E-state index contributed by atoms with van der Waals surface area (Å²) in [5, 5.41) is 3.71. The Kier molecular flexibility index (Phi) is 6.13. The van der Waals surface area contributed by atoms with Crippen molar-refractivity contribution in [2.75, 3.05) is 0 Å². The summed E-state index contributed by atoms with van der Waals surface area (Å²) in [7, 11) is -1.89. The smallest absolute Gasteiger partial charge is 0.408 e. The summed E-state index contributed by atoms with van der Waals surface area (Å²) in [6.45, 7) is 12.0. The molecule has 0 aliphatic heterocycles. The molecule has 0 radical (unpaired) electrons. The molecule has 1 aliphatic carbocycles. The molecule has 26 heavy (non-hydrogen) atoms. The number of carbonyl (C=O) groups is 1. The lowest BCUT2D eigenvalue weighted by Gasteiger charge is -2.42. The van der Waals surface area contributed by atoms with Gasteiger partial charge in [0.2, 0.25) is 8.32 Å². The molecule has 4 nitrogen and oxygen atoms in total. The molecule has 0 saturated carbocycles. The molecule has 0 fully saturated rings. The van der Waals surface area contributed by atoms with Gasteiger partial charge in [-0.15, -0.1) is 0 Å². The quantitative estimate of drug-likeness (QED) is 0.638. The zero-order valence-corrected chi connectivity index (χ0v) is 18.4. The summed E-state index contributed by atoms with van der Waals surface area (Å²) in [4.78, 5) is 12.7. The molecular weight excluding hydrogens is 366 g/mol. The van der Waals surface area contributed by atoms with Gasteiger partial charge in [0.15, 0.2) is 0 Å². The van der Waals surface area contributed by atoms with E-state index in [9.17, 15) is 4.79 Å². The van der Waals surface area contributed by atoms with Crippen LogP contribution in [0.25, 0.3) is 0 Å². The SMILES string of the molecule is CC(C)(C)OC(=O)NC1(c2ccccc2Cl)CCCC=C1O[Si](C)(C)C. The van der Waals surface area contributed by atoms with Gasteiger partial charge in [-0.2, -0.15) is 0 Å². The fourth-order valence-electron chi connectivity index (χ4n) is 3.10. The first kappa shape index (κ1) is 20.8. The van der Waals surface area contributed by atoms with Gasteiger partial charge in [-0.05, 0) is 71.8 Å². The second-order valence-corrected chi connectivity index (χ2v) is 13.5. The first-order valence-electron chi connectivity index (χ1n) is 9.09. The van der Waals surface area contributed by atoms with Crippen molar-refractivity contribution in [2.24, 2.45) is 0 Å². The summed E-state index contributed by atoms with van der Waals surface area (Å²) < 4.78 is 11.9. The third-order valence-corrected chi connectivity index (χ3v) is 5.13. The molecule has 0 heterocycles. The molecule has 1 unspecified atom stereocenters. The Balaban J connectivity index is 2.51. The summed E-state index contributed by atoms with van der Waals surface area (Å²) in [5.41, 5.74) is -0.542. The summed E-state index contributed by atoms with van der Waals surface area (Å²) >= 11 is 6.54. The molecular formula is C20H30ClNO3Si. The van der Waals surface area contributed by atoms with Crippen LogP contribution in [0.15, 0.2) is 36.1 Å². The molecule has 1 aromatic carbocycles. The van der Waals surface area contributed by atoms with E-state index in [0.717, 1.165) is 24.2 Å². The van der Waals surface area contributed by atoms with Gasteiger partial charge in [0.1, 0.15) is 16.9 Å². The van der Waals surface area contributed by atoms with Crippen LogP contribution >= 0.6 is 11.6 Å². The number of nitrogens with one attached hydrogen (secondary N) is 1. The van der Waals surface area contributed by atoms with Gasteiger partial charge in [0, 0.05) is 10.6 Å². The molecule has 1 aliphatic rings. The van der Waals surface area contributed by atoms with E-state index >= 15 is 0 Å². The van der Waals surface area contributed by atoms with Crippen LogP contribution in [-0.2, 0) is 14.7 Å². The fourth-order valence-corrected chi connectivity index (χ4v) is 4.31. The van der Waals surface area contributed by atoms with E-state index in [1.54, 1.807) is 0 Å². The monoisotopic (exact) mass is 395 g/mol. The predicted octanol–water partition coefficient (Wildman–Crippen LogP) is 5.98. The molecule has 0 saturated heterocycles. The molecule has 144 valence electrons. The third-order valence-electron chi connectivity index (χ3n) is 3.97. The Bertz CT molecular complexity index is 691. The molecule has 1 N–H and O–H groups in total. The standard InChI is InChI=1S/C20H30ClNO3Si/c1-19(2,3)24-18(23)22-20(15-11-7-8-12-16(15)21)14-10-9-13-17(20)25-26(4,5)6/h7-8,11-13H,9-10,14H2,1-6H3,(H,22,23). The summed E-state index contributed by atoms with van der Waals surface area (Å²) in [5.74, 6) is 0.780. The van der Waals surface area contributed by atoms with Gasteiger partial charge in [-0.3, -0.25) is 0 Å². The van der Waals surface area contributed by atoms with Crippen molar-refractivity contribution in [3.05, 3.63) is 46.7 Å². The Labute approximate surface area is 163 Å². The van der Waals surface area contributed by atoms with E-state index in [2.05, 4.69) is 31.0 Å². The van der Waals surface area contributed by atoms with Crippen LogP contribution in [-0.4, -0.2) is 20.0 Å². The van der Waals surface area contributed by atoms with Crippen molar-refractivity contribution in [1.29, 1.82) is 0 Å². The highest BCUT2D eigenvalue weighted by Gasteiger charge is 2.44. The molecule has 0 spiro atoms. The Morgan fingerprint density at radius 3 is 2.46 bits per heavy atom. The highest BCUT2D eigenvalue weighted by Crippen LogP contribution is 2.43. The minimum atomic E-state index is -1.89. The minimum Gasteiger partial charge on any atom is -0.546 e. The van der Waals surface area contributed by atoms with Gasteiger partial charge in [0.25, 0.3) is 0 Å². The predicted molar refractivity (Wildman–Crippen MR) is 109 cm³/mol. The Morgan fingerprint density at radius 1 is 1.23 bits per heavy atom. The average molecular weight is 396 g/mol. The third kappa shape index (κ3) is 5.27. The largest absolute Gasteiger partial charge is 0.546 e. The second kappa shape index (κ2) is 7.65. The fraction of sp³-hybridized carbons (Fsp3) is 0.550. The lowest BCUT2D eigenvalue weighted by Crippen LogP contribution is -2.52. The van der Waals surface area contributed by atoms with Crippen LogP contribution in [0, 0.1) is 0 Å². The number of ether oxygens (including phenoxy) is 1. The number of carbonyl (C=O) groups excluding carboxylic acids is 1. The van der Waals surface area contributed by atoms with Crippen LogP contribution in [0.2, 0.25) is 24.7 Å². The van der Waals surface area contributed by atoms with Gasteiger partial charge < -0.3 is 14.5 Å². The number of hydrogen-bond acceptors (Lipinski definition) is 3. The lowest BCUT2D eigenvalue weighted by atomic mass is 9.79. The van der Waals surface area contributed by atoms with Crippen molar-refractivity contribution in [1.82, 2.24) is 5.32 Å². The summed E-state index contributed by atoms with van der Waals surface area (Å²) in [6, 6.07) is 7.61. The van der Waals surface area contributed by atoms with Crippen LogP contribution in [0.5, 0.6) is 0 Å². The number of amides is 1. The molecule has 6 heteroatoms. The van der Waals surface area contributed by atoms with Crippen molar-refractivity contribution in [2.45, 2.75) is 70.8 Å². The van der Waals surface area contributed by atoms with Crippen LogP contribution in [0.1, 0.15) is 45.6 Å². The number of allylic oxidation sites excluding steroid dienone is 1. The van der Waals surface area contributed by atoms with Crippen molar-refractivity contribution in [3.63, 3.8) is 0 Å². The van der Waals surface area contributed by atoms with Gasteiger partial charge in [0.05, 0.1) is 0 Å².